The van der Waals surface area contributed by atoms with Gasteiger partial charge in [0.15, 0.2) is 0 Å². The van der Waals surface area contributed by atoms with E-state index in [4.69, 9.17) is 0 Å². The Labute approximate surface area is 192 Å². The first kappa shape index (κ1) is 22.8. The van der Waals surface area contributed by atoms with Crippen LogP contribution in [-0.2, 0) is 14.8 Å². The van der Waals surface area contributed by atoms with Gasteiger partial charge in [0.05, 0.1) is 10.5 Å². The number of carbonyl (C=O) groups excluding carboxylic acids is 2. The number of aromatic hydroxyl groups is 1. The summed E-state index contributed by atoms with van der Waals surface area (Å²) in [4.78, 5) is 34.0. The molecule has 0 saturated carbocycles. The fraction of sp³-hybridized carbons (Fsp3) is 0.348. The number of benzene rings is 2. The predicted molar refractivity (Wildman–Crippen MR) is 123 cm³/mol. The summed E-state index contributed by atoms with van der Waals surface area (Å²) in [6, 6.07) is 12.1. The number of rotatable bonds is 4. The highest BCUT2D eigenvalue weighted by molar-refractivity contribution is 7.90. The third-order valence-electron chi connectivity index (χ3n) is 5.83. The zero-order chi connectivity index (χ0) is 23.8. The monoisotopic (exact) mass is 470 g/mol. The van der Waals surface area contributed by atoms with Crippen molar-refractivity contribution in [2.45, 2.75) is 24.8 Å². The fourth-order valence-corrected chi connectivity index (χ4v) is 5.24. The topological polar surface area (TPSA) is 119 Å². The smallest absolute Gasteiger partial charge is 0.263 e. The largest absolute Gasteiger partial charge is 0.507 e. The highest BCUT2D eigenvalue weighted by atomic mass is 32.2. The Morgan fingerprint density at radius 3 is 2.24 bits per heavy atom. The van der Waals surface area contributed by atoms with Gasteiger partial charge in [-0.3, -0.25) is 19.3 Å². The minimum absolute atomic E-state index is 0.0731. The van der Waals surface area contributed by atoms with E-state index >= 15 is 0 Å². The second kappa shape index (κ2) is 8.86. The molecule has 0 unspecified atom stereocenters. The number of nitrogens with zero attached hydrogens (tertiary/aromatic N) is 3. The number of phenols is 1. The van der Waals surface area contributed by atoms with Gasteiger partial charge in [0, 0.05) is 31.7 Å². The molecule has 1 fully saturated rings. The molecule has 2 amide bonds. The van der Waals surface area contributed by atoms with Crippen molar-refractivity contribution in [3.63, 3.8) is 0 Å². The number of hydrogen-bond donors (Lipinski definition) is 2. The van der Waals surface area contributed by atoms with E-state index in [1.54, 1.807) is 46.2 Å². The molecule has 0 aliphatic carbocycles. The summed E-state index contributed by atoms with van der Waals surface area (Å²) in [5.74, 6) is -0.557. The zero-order valence-electron chi connectivity index (χ0n) is 18.4. The third-order valence-corrected chi connectivity index (χ3v) is 7.23. The van der Waals surface area contributed by atoms with Gasteiger partial charge in [-0.2, -0.15) is 0 Å². The summed E-state index contributed by atoms with van der Waals surface area (Å²) in [5, 5.41) is 9.95. The van der Waals surface area contributed by atoms with E-state index in [0.29, 0.717) is 31.7 Å². The van der Waals surface area contributed by atoms with Crippen LogP contribution in [0, 0.1) is 5.92 Å². The molecular weight excluding hydrogens is 444 g/mol. The lowest BCUT2D eigenvalue weighted by molar-refractivity contribution is -0.134. The lowest BCUT2D eigenvalue weighted by Gasteiger charge is -2.36. The molecule has 0 radical (unpaired) electrons. The molecule has 9 nitrogen and oxygen atoms in total. The molecule has 33 heavy (non-hydrogen) atoms. The molecular formula is C23H26N4O5S. The van der Waals surface area contributed by atoms with E-state index in [-0.39, 0.29) is 39.8 Å². The Morgan fingerprint density at radius 2 is 1.58 bits per heavy atom. The third kappa shape index (κ3) is 4.43. The Kier molecular flexibility index (Phi) is 6.11. The number of amidine groups is 1. The van der Waals surface area contributed by atoms with Crippen molar-refractivity contribution in [1.82, 2.24) is 14.5 Å². The molecule has 2 aromatic carbocycles. The van der Waals surface area contributed by atoms with Crippen LogP contribution in [0.15, 0.2) is 58.4 Å². The van der Waals surface area contributed by atoms with Gasteiger partial charge in [0.2, 0.25) is 5.91 Å². The molecule has 2 aromatic rings. The molecule has 0 bridgehead atoms. The van der Waals surface area contributed by atoms with Crippen LogP contribution in [-0.4, -0.2) is 73.2 Å². The maximum Gasteiger partial charge on any atom is 0.263 e. The second-order valence-corrected chi connectivity index (χ2v) is 10.1. The van der Waals surface area contributed by atoms with E-state index in [1.807, 2.05) is 13.8 Å². The quantitative estimate of drug-likeness (QED) is 0.701. The van der Waals surface area contributed by atoms with E-state index in [2.05, 4.69) is 9.71 Å². The Bertz CT molecular complexity index is 1220. The molecule has 2 aliphatic heterocycles. The molecule has 174 valence electrons. The number of carbonyl (C=O) groups is 2. The summed E-state index contributed by atoms with van der Waals surface area (Å²) < 4.78 is 27.2. The number of amides is 2. The van der Waals surface area contributed by atoms with Gasteiger partial charge in [-0.25, -0.2) is 8.42 Å². The highest BCUT2D eigenvalue weighted by Crippen LogP contribution is 2.24. The van der Waals surface area contributed by atoms with Crippen molar-refractivity contribution in [2.24, 2.45) is 10.9 Å². The number of nitrogens with one attached hydrogen (secondary N) is 1. The molecule has 1 atom stereocenters. The van der Waals surface area contributed by atoms with Crippen LogP contribution in [0.3, 0.4) is 0 Å². The molecule has 10 heteroatoms. The van der Waals surface area contributed by atoms with Crippen LogP contribution in [0.1, 0.15) is 29.8 Å². The Balaban J connectivity index is 1.49. The molecule has 2 aliphatic rings. The van der Waals surface area contributed by atoms with Crippen molar-refractivity contribution < 1.29 is 23.1 Å². The Hall–Kier alpha value is -3.40. The van der Waals surface area contributed by atoms with Crippen molar-refractivity contribution in [3.05, 3.63) is 59.7 Å². The standard InChI is InChI=1S/C23H26N4O5S/c1-15(2)20(24-21-17-8-4-6-10-19(17)33(31,32)25-21)23(30)27-13-11-26(12-14-27)22(29)16-7-3-5-9-18(16)28/h3-10,15,20,28H,11-14H2,1-2H3,(H,24,25)/t20-/m0/s1. The van der Waals surface area contributed by atoms with E-state index in [0.717, 1.165) is 0 Å². The van der Waals surface area contributed by atoms with Gasteiger partial charge in [-0.05, 0) is 30.2 Å². The zero-order valence-corrected chi connectivity index (χ0v) is 19.2. The SMILES string of the molecule is CC(C)[C@H](N=C1NS(=O)(=O)c2ccccc21)C(=O)N1CCN(C(=O)c2ccccc2O)CC1. The average Bonchev–Trinajstić information content (AvgIpc) is 3.07. The van der Waals surface area contributed by atoms with Crippen molar-refractivity contribution in [3.8, 4) is 5.75 Å². The van der Waals surface area contributed by atoms with Gasteiger partial charge < -0.3 is 14.9 Å². The fourth-order valence-electron chi connectivity index (χ4n) is 4.00. The summed E-state index contributed by atoms with van der Waals surface area (Å²) in [6.07, 6.45) is 0. The van der Waals surface area contributed by atoms with Gasteiger partial charge >= 0.3 is 0 Å². The average molecular weight is 471 g/mol. The number of fused-ring (bicyclic) bond motifs is 1. The maximum absolute atomic E-state index is 13.3. The molecule has 1 saturated heterocycles. The lowest BCUT2D eigenvalue weighted by Crippen LogP contribution is -2.53. The summed E-state index contributed by atoms with van der Waals surface area (Å²) in [7, 11) is -3.69. The van der Waals surface area contributed by atoms with Gasteiger partial charge in [0.25, 0.3) is 15.9 Å². The summed E-state index contributed by atoms with van der Waals surface area (Å²) >= 11 is 0. The van der Waals surface area contributed by atoms with Crippen LogP contribution in [0.5, 0.6) is 5.75 Å². The van der Waals surface area contributed by atoms with Crippen LogP contribution < -0.4 is 4.72 Å². The summed E-state index contributed by atoms with van der Waals surface area (Å²) in [6.45, 7) is 5.04. The Morgan fingerprint density at radius 1 is 0.970 bits per heavy atom. The van der Waals surface area contributed by atoms with Crippen LogP contribution in [0.4, 0.5) is 0 Å². The van der Waals surface area contributed by atoms with E-state index in [9.17, 15) is 23.1 Å². The number of sulfonamides is 1. The van der Waals surface area contributed by atoms with Gasteiger partial charge in [-0.1, -0.05) is 38.1 Å². The first-order valence-electron chi connectivity index (χ1n) is 10.7. The predicted octanol–water partition coefficient (Wildman–Crippen LogP) is 1.44. The van der Waals surface area contributed by atoms with E-state index in [1.165, 1.54) is 12.1 Å². The molecule has 0 spiro atoms. The second-order valence-electron chi connectivity index (χ2n) is 8.40. The number of piperazine rings is 1. The van der Waals surface area contributed by atoms with Gasteiger partial charge in [-0.15, -0.1) is 0 Å². The maximum atomic E-state index is 13.3. The number of para-hydroxylation sites is 1. The molecule has 2 heterocycles. The minimum atomic E-state index is -3.69. The van der Waals surface area contributed by atoms with Gasteiger partial charge in [0.1, 0.15) is 17.6 Å². The number of aliphatic imine (C=N–C) groups is 1. The van der Waals surface area contributed by atoms with Crippen molar-refractivity contribution in [2.75, 3.05) is 26.2 Å². The molecule has 2 N–H and O–H groups in total. The van der Waals surface area contributed by atoms with E-state index < -0.39 is 16.1 Å². The lowest BCUT2D eigenvalue weighted by atomic mass is 10.0. The molecule has 4 rings (SSSR count). The first-order valence-corrected chi connectivity index (χ1v) is 12.2. The normalized spacial score (nSPS) is 19.3. The van der Waals surface area contributed by atoms with Crippen molar-refractivity contribution >= 4 is 27.7 Å². The van der Waals surface area contributed by atoms with Crippen LogP contribution in [0.2, 0.25) is 0 Å². The van der Waals surface area contributed by atoms with Crippen LogP contribution in [0.25, 0.3) is 0 Å². The van der Waals surface area contributed by atoms with Crippen molar-refractivity contribution in [1.29, 1.82) is 0 Å². The number of hydrogen-bond acceptors (Lipinski definition) is 6. The minimum Gasteiger partial charge on any atom is -0.507 e. The number of phenolic OH excluding ortho intramolecular Hbond substituents is 1. The highest BCUT2D eigenvalue weighted by Gasteiger charge is 2.35. The summed E-state index contributed by atoms with van der Waals surface area (Å²) in [5.41, 5.74) is 0.685. The van der Waals surface area contributed by atoms with Crippen LogP contribution >= 0.6 is 0 Å². The first-order chi connectivity index (χ1) is 15.7. The molecule has 0 aromatic heterocycles.